The molecule has 0 saturated heterocycles. The van der Waals surface area contributed by atoms with Crippen molar-refractivity contribution in [1.82, 2.24) is 24.9 Å². The van der Waals surface area contributed by atoms with Crippen molar-refractivity contribution < 1.29 is 4.39 Å². The molecule has 5 nitrogen and oxygen atoms in total. The first-order chi connectivity index (χ1) is 13.7. The third-order valence-electron chi connectivity index (χ3n) is 5.25. The number of aryl methyl sites for hydroxylation is 1. The minimum atomic E-state index is -0.265. The summed E-state index contributed by atoms with van der Waals surface area (Å²) in [6.45, 7) is 1.97. The number of hydrogen-bond donors (Lipinski definition) is 2. The third kappa shape index (κ3) is 1.97. The summed E-state index contributed by atoms with van der Waals surface area (Å²) in [5.74, 6) is 0.478. The molecule has 0 saturated carbocycles. The number of H-pyrrole nitrogens is 2. The number of benzene rings is 2. The number of pyridine rings is 2. The molecule has 4 heterocycles. The van der Waals surface area contributed by atoms with Crippen LogP contribution in [-0.2, 0) is 0 Å². The highest BCUT2D eigenvalue weighted by molar-refractivity contribution is 6.21. The van der Waals surface area contributed by atoms with Crippen LogP contribution in [0.15, 0.2) is 54.9 Å². The number of aromatic nitrogens is 5. The van der Waals surface area contributed by atoms with E-state index < -0.39 is 0 Å². The molecule has 0 aliphatic carbocycles. The van der Waals surface area contributed by atoms with Gasteiger partial charge in [-0.1, -0.05) is 0 Å². The maximum Gasteiger partial charge on any atom is 0.140 e. The lowest BCUT2D eigenvalue weighted by molar-refractivity contribution is 0.629. The van der Waals surface area contributed by atoms with E-state index in [9.17, 15) is 4.39 Å². The Kier molecular flexibility index (Phi) is 2.92. The van der Waals surface area contributed by atoms with Crippen molar-refractivity contribution in [3.05, 3.63) is 66.4 Å². The molecule has 0 atom stereocenters. The Hall–Kier alpha value is -3.80. The highest BCUT2D eigenvalue weighted by Gasteiger charge is 2.18. The van der Waals surface area contributed by atoms with Gasteiger partial charge in [0.2, 0.25) is 0 Å². The second kappa shape index (κ2) is 5.36. The highest BCUT2D eigenvalue weighted by atomic mass is 19.1. The van der Waals surface area contributed by atoms with E-state index in [0.29, 0.717) is 0 Å². The lowest BCUT2D eigenvalue weighted by Gasteiger charge is -2.03. The van der Waals surface area contributed by atoms with E-state index in [0.717, 1.165) is 60.8 Å². The first-order valence-electron chi connectivity index (χ1n) is 9.00. The Balaban J connectivity index is 1.77. The second-order valence-electron chi connectivity index (χ2n) is 6.92. The lowest BCUT2D eigenvalue weighted by Crippen LogP contribution is -1.86. The van der Waals surface area contributed by atoms with Crippen LogP contribution in [-0.4, -0.2) is 24.9 Å². The van der Waals surface area contributed by atoms with Gasteiger partial charge in [0.05, 0.1) is 22.1 Å². The van der Waals surface area contributed by atoms with E-state index in [1.165, 1.54) is 12.1 Å². The molecule has 0 radical (unpaired) electrons. The summed E-state index contributed by atoms with van der Waals surface area (Å²) in [5, 5.41) is 2.86. The van der Waals surface area contributed by atoms with E-state index >= 15 is 0 Å². The maximum atomic E-state index is 13.6. The van der Waals surface area contributed by atoms with Gasteiger partial charge in [-0.25, -0.2) is 9.37 Å². The zero-order valence-corrected chi connectivity index (χ0v) is 14.9. The zero-order valence-electron chi connectivity index (χ0n) is 14.9. The van der Waals surface area contributed by atoms with Crippen molar-refractivity contribution in [2.75, 3.05) is 0 Å². The molecule has 0 fully saturated rings. The number of aromatic amines is 2. The number of rotatable bonds is 1. The number of hydrogen-bond acceptors (Lipinski definition) is 3. The molecular weight excluding hydrogens is 353 g/mol. The second-order valence-corrected chi connectivity index (χ2v) is 6.92. The molecule has 4 aromatic heterocycles. The van der Waals surface area contributed by atoms with Crippen LogP contribution in [0.3, 0.4) is 0 Å². The summed E-state index contributed by atoms with van der Waals surface area (Å²) in [7, 11) is 0. The van der Waals surface area contributed by atoms with Gasteiger partial charge in [0, 0.05) is 45.3 Å². The summed E-state index contributed by atoms with van der Waals surface area (Å²) in [5.41, 5.74) is 6.10. The largest absolute Gasteiger partial charge is 0.358 e. The molecule has 28 heavy (non-hydrogen) atoms. The summed E-state index contributed by atoms with van der Waals surface area (Å²) < 4.78 is 13.6. The maximum absolute atomic E-state index is 13.6. The number of halogens is 1. The molecule has 6 heteroatoms. The van der Waals surface area contributed by atoms with E-state index in [1.807, 2.05) is 31.2 Å². The Labute approximate surface area is 158 Å². The Morgan fingerprint density at radius 1 is 0.821 bits per heavy atom. The molecule has 0 spiro atoms. The van der Waals surface area contributed by atoms with Crippen LogP contribution in [0.5, 0.6) is 0 Å². The van der Waals surface area contributed by atoms with Crippen LogP contribution in [0.4, 0.5) is 4.39 Å². The fraction of sp³-hybridized carbons (Fsp3) is 0.0455. The van der Waals surface area contributed by atoms with Gasteiger partial charge in [0.1, 0.15) is 11.6 Å². The lowest BCUT2D eigenvalue weighted by atomic mass is 10.1. The van der Waals surface area contributed by atoms with Crippen molar-refractivity contribution in [1.29, 1.82) is 0 Å². The summed E-state index contributed by atoms with van der Waals surface area (Å²) >= 11 is 0. The van der Waals surface area contributed by atoms with E-state index in [-0.39, 0.29) is 5.82 Å². The van der Waals surface area contributed by atoms with Crippen LogP contribution in [0, 0.1) is 12.7 Å². The van der Waals surface area contributed by atoms with E-state index in [2.05, 4.69) is 19.9 Å². The molecule has 134 valence electrons. The van der Waals surface area contributed by atoms with Gasteiger partial charge in [-0.2, -0.15) is 0 Å². The molecule has 0 bridgehead atoms. The monoisotopic (exact) mass is 367 g/mol. The molecule has 0 unspecified atom stereocenters. The number of nitrogens with zero attached hydrogens (tertiary/aromatic N) is 3. The van der Waals surface area contributed by atoms with Gasteiger partial charge in [0.15, 0.2) is 0 Å². The van der Waals surface area contributed by atoms with Crippen molar-refractivity contribution in [3.8, 4) is 11.4 Å². The quantitative estimate of drug-likeness (QED) is 0.390. The molecule has 2 aromatic carbocycles. The van der Waals surface area contributed by atoms with E-state index in [1.54, 1.807) is 18.5 Å². The van der Waals surface area contributed by atoms with Crippen LogP contribution >= 0.6 is 0 Å². The Bertz CT molecular complexity index is 1470. The van der Waals surface area contributed by atoms with Gasteiger partial charge in [-0.15, -0.1) is 0 Å². The van der Waals surface area contributed by atoms with Crippen molar-refractivity contribution >= 4 is 43.7 Å². The molecule has 0 aliphatic rings. The minimum absolute atomic E-state index is 0.265. The zero-order chi connectivity index (χ0) is 18.8. The van der Waals surface area contributed by atoms with Crippen LogP contribution < -0.4 is 0 Å². The highest BCUT2D eigenvalue weighted by Crippen LogP contribution is 2.36. The smallest absolute Gasteiger partial charge is 0.140 e. The molecule has 2 N–H and O–H groups in total. The predicted molar refractivity (Wildman–Crippen MR) is 109 cm³/mol. The normalized spacial score (nSPS) is 11.9. The number of fused-ring (bicyclic) bond motifs is 7. The first-order valence-corrected chi connectivity index (χ1v) is 9.00. The average molecular weight is 367 g/mol. The van der Waals surface area contributed by atoms with Gasteiger partial charge in [-0.3, -0.25) is 9.97 Å². The topological polar surface area (TPSA) is 70.2 Å². The Morgan fingerprint density at radius 2 is 1.57 bits per heavy atom. The molecule has 0 aliphatic heterocycles. The molecular formula is C22H14FN5. The first kappa shape index (κ1) is 15.3. The Morgan fingerprint density at radius 3 is 2.39 bits per heavy atom. The van der Waals surface area contributed by atoms with Crippen molar-refractivity contribution in [3.63, 3.8) is 0 Å². The summed E-state index contributed by atoms with van der Waals surface area (Å²) in [6.07, 6.45) is 3.55. The predicted octanol–water partition coefficient (Wildman–Crippen LogP) is 5.26. The van der Waals surface area contributed by atoms with Gasteiger partial charge in [-0.05, 0) is 49.4 Å². The van der Waals surface area contributed by atoms with E-state index in [4.69, 9.17) is 4.98 Å². The van der Waals surface area contributed by atoms with Crippen molar-refractivity contribution in [2.24, 2.45) is 0 Å². The van der Waals surface area contributed by atoms with Gasteiger partial charge < -0.3 is 9.97 Å². The molecule has 6 rings (SSSR count). The minimum Gasteiger partial charge on any atom is -0.358 e. The molecule has 0 amide bonds. The standard InChI is InChI=1S/C22H14FN5/c1-11-17(13-7-6-12(23)10-16(13)26-11)22-27-20-14-4-2-8-24-18(14)19-15(21(20)28-22)5-3-9-25-19/h2-10,26H,1H3,(H,27,28). The van der Waals surface area contributed by atoms with Gasteiger partial charge in [0.25, 0.3) is 0 Å². The SMILES string of the molecule is Cc1[nH]c2cc(F)ccc2c1-c1nc2c3cccnc3c3ncccc3c2[nH]1. The van der Waals surface area contributed by atoms with Crippen LogP contribution in [0.2, 0.25) is 0 Å². The fourth-order valence-electron chi connectivity index (χ4n) is 4.07. The number of imidazole rings is 1. The van der Waals surface area contributed by atoms with Crippen LogP contribution in [0.25, 0.3) is 55.1 Å². The number of nitrogens with one attached hydrogen (secondary N) is 2. The van der Waals surface area contributed by atoms with Crippen molar-refractivity contribution in [2.45, 2.75) is 6.92 Å². The summed E-state index contributed by atoms with van der Waals surface area (Å²) in [6, 6.07) is 12.6. The van der Waals surface area contributed by atoms with Crippen LogP contribution in [0.1, 0.15) is 5.69 Å². The summed E-state index contributed by atoms with van der Waals surface area (Å²) in [4.78, 5) is 20.8. The molecule has 6 aromatic rings. The third-order valence-corrected chi connectivity index (χ3v) is 5.25. The average Bonchev–Trinajstić information content (AvgIpc) is 3.28. The van der Waals surface area contributed by atoms with Gasteiger partial charge >= 0.3 is 0 Å². The fourth-order valence-corrected chi connectivity index (χ4v) is 4.07.